The summed E-state index contributed by atoms with van der Waals surface area (Å²) < 4.78 is 2.73. The van der Waals surface area contributed by atoms with E-state index in [1.807, 2.05) is 0 Å². The summed E-state index contributed by atoms with van der Waals surface area (Å²) in [4.78, 5) is 12.1. The first-order valence-electron chi connectivity index (χ1n) is 7.73. The van der Waals surface area contributed by atoms with Crippen molar-refractivity contribution in [3.8, 4) is 0 Å². The third-order valence-corrected chi connectivity index (χ3v) is 5.72. The van der Waals surface area contributed by atoms with Crippen LogP contribution in [0.1, 0.15) is 43.8 Å². The SMILES string of the molecule is C=CCn1nc(C2C3CC4CC(C3)CC2C4)n(N)c1=O. The van der Waals surface area contributed by atoms with Crippen LogP contribution in [0.4, 0.5) is 0 Å². The van der Waals surface area contributed by atoms with Gasteiger partial charge in [-0.1, -0.05) is 6.08 Å². The predicted molar refractivity (Wildman–Crippen MR) is 76.6 cm³/mol. The second-order valence-corrected chi connectivity index (χ2v) is 6.94. The number of aromatic nitrogens is 3. The average molecular weight is 274 g/mol. The number of allylic oxidation sites excluding steroid dienone is 1. The molecule has 4 aliphatic rings. The smallest absolute Gasteiger partial charge is 0.333 e. The van der Waals surface area contributed by atoms with Crippen LogP contribution in [-0.2, 0) is 6.54 Å². The van der Waals surface area contributed by atoms with Gasteiger partial charge in [-0.05, 0) is 55.8 Å². The van der Waals surface area contributed by atoms with E-state index in [0.717, 1.165) is 17.7 Å². The molecule has 4 saturated carbocycles. The van der Waals surface area contributed by atoms with Gasteiger partial charge in [0, 0.05) is 5.92 Å². The van der Waals surface area contributed by atoms with Crippen molar-refractivity contribution in [3.05, 3.63) is 29.0 Å². The van der Waals surface area contributed by atoms with Crippen molar-refractivity contribution >= 4 is 0 Å². The molecule has 4 bridgehead atoms. The molecule has 1 aromatic heterocycles. The molecule has 5 nitrogen and oxygen atoms in total. The summed E-state index contributed by atoms with van der Waals surface area (Å²) in [6.45, 7) is 4.11. The number of hydrogen-bond donors (Lipinski definition) is 1. The van der Waals surface area contributed by atoms with Gasteiger partial charge in [-0.2, -0.15) is 9.77 Å². The summed E-state index contributed by atoms with van der Waals surface area (Å²) in [6, 6.07) is 0. The van der Waals surface area contributed by atoms with Gasteiger partial charge in [0.05, 0.1) is 6.54 Å². The first-order chi connectivity index (χ1) is 9.67. The topological polar surface area (TPSA) is 65.8 Å². The maximum atomic E-state index is 12.1. The maximum absolute atomic E-state index is 12.1. The highest BCUT2D eigenvalue weighted by Crippen LogP contribution is 2.59. The second-order valence-electron chi connectivity index (χ2n) is 6.94. The zero-order valence-electron chi connectivity index (χ0n) is 11.7. The summed E-state index contributed by atoms with van der Waals surface area (Å²) in [5, 5.41) is 4.52. The fourth-order valence-electron chi connectivity index (χ4n) is 5.25. The van der Waals surface area contributed by atoms with Crippen molar-refractivity contribution in [2.75, 3.05) is 5.84 Å². The van der Waals surface area contributed by atoms with Gasteiger partial charge in [0.2, 0.25) is 0 Å². The van der Waals surface area contributed by atoms with Crippen LogP contribution in [0.5, 0.6) is 0 Å². The zero-order valence-corrected chi connectivity index (χ0v) is 11.7. The van der Waals surface area contributed by atoms with E-state index in [1.165, 1.54) is 41.5 Å². The molecular formula is C15H22N4O. The third-order valence-electron chi connectivity index (χ3n) is 5.72. The van der Waals surface area contributed by atoms with Crippen LogP contribution < -0.4 is 11.5 Å². The van der Waals surface area contributed by atoms with Gasteiger partial charge in [0.15, 0.2) is 5.82 Å². The Balaban J connectivity index is 1.72. The van der Waals surface area contributed by atoms with Gasteiger partial charge in [-0.3, -0.25) is 0 Å². The molecule has 0 aliphatic heterocycles. The lowest BCUT2D eigenvalue weighted by atomic mass is 9.52. The first-order valence-corrected chi connectivity index (χ1v) is 7.73. The molecule has 0 atom stereocenters. The molecule has 0 radical (unpaired) electrons. The van der Waals surface area contributed by atoms with Crippen LogP contribution in [0.15, 0.2) is 17.4 Å². The minimum Gasteiger partial charge on any atom is -0.333 e. The Morgan fingerprint density at radius 2 is 1.80 bits per heavy atom. The lowest BCUT2D eigenvalue weighted by Crippen LogP contribution is -2.45. The number of nitrogens with two attached hydrogens (primary N) is 1. The molecule has 108 valence electrons. The highest BCUT2D eigenvalue weighted by atomic mass is 16.2. The largest absolute Gasteiger partial charge is 0.364 e. The zero-order chi connectivity index (χ0) is 13.9. The van der Waals surface area contributed by atoms with Gasteiger partial charge in [0.1, 0.15) is 0 Å². The number of nitrogen functional groups attached to an aromatic ring is 1. The van der Waals surface area contributed by atoms with Crippen molar-refractivity contribution in [1.82, 2.24) is 14.5 Å². The van der Waals surface area contributed by atoms with Crippen LogP contribution in [0, 0.1) is 23.7 Å². The lowest BCUT2D eigenvalue weighted by molar-refractivity contribution is -0.00656. The Kier molecular flexibility index (Phi) is 2.59. The van der Waals surface area contributed by atoms with Gasteiger partial charge >= 0.3 is 5.69 Å². The normalized spacial score (nSPS) is 38.3. The summed E-state index contributed by atoms with van der Waals surface area (Å²) in [5.74, 6) is 10.4. The van der Waals surface area contributed by atoms with Crippen LogP contribution in [0.3, 0.4) is 0 Å². The van der Waals surface area contributed by atoms with E-state index >= 15 is 0 Å². The third kappa shape index (κ3) is 1.61. The molecule has 20 heavy (non-hydrogen) atoms. The molecule has 5 rings (SSSR count). The van der Waals surface area contributed by atoms with Crippen molar-refractivity contribution in [1.29, 1.82) is 0 Å². The molecule has 0 spiro atoms. The number of hydrogen-bond acceptors (Lipinski definition) is 3. The quantitative estimate of drug-likeness (QED) is 0.670. The predicted octanol–water partition coefficient (Wildman–Crippen LogP) is 1.48. The Labute approximate surface area is 118 Å². The molecule has 1 heterocycles. The summed E-state index contributed by atoms with van der Waals surface area (Å²) in [7, 11) is 0. The minimum atomic E-state index is -0.214. The van der Waals surface area contributed by atoms with E-state index in [9.17, 15) is 4.79 Å². The van der Waals surface area contributed by atoms with E-state index in [1.54, 1.807) is 6.08 Å². The fourth-order valence-corrected chi connectivity index (χ4v) is 5.25. The van der Waals surface area contributed by atoms with Crippen LogP contribution in [0.2, 0.25) is 0 Å². The van der Waals surface area contributed by atoms with Crippen molar-refractivity contribution in [2.24, 2.45) is 23.7 Å². The molecule has 0 unspecified atom stereocenters. The molecular weight excluding hydrogens is 252 g/mol. The van der Waals surface area contributed by atoms with E-state index in [-0.39, 0.29) is 5.69 Å². The Morgan fingerprint density at radius 1 is 1.20 bits per heavy atom. The van der Waals surface area contributed by atoms with Crippen LogP contribution >= 0.6 is 0 Å². The Morgan fingerprint density at radius 3 is 2.35 bits per heavy atom. The van der Waals surface area contributed by atoms with Crippen molar-refractivity contribution < 1.29 is 0 Å². The Hall–Kier alpha value is -1.52. The second kappa shape index (κ2) is 4.24. The maximum Gasteiger partial charge on any atom is 0.364 e. The molecule has 4 fully saturated rings. The summed E-state index contributed by atoms with van der Waals surface area (Å²) in [6.07, 6.45) is 8.34. The molecule has 1 aromatic rings. The summed E-state index contributed by atoms with van der Waals surface area (Å²) >= 11 is 0. The molecule has 0 aromatic carbocycles. The van der Waals surface area contributed by atoms with Gasteiger partial charge in [-0.25, -0.2) is 9.48 Å². The molecule has 0 saturated heterocycles. The number of rotatable bonds is 3. The average Bonchev–Trinajstić information content (AvgIpc) is 2.67. The monoisotopic (exact) mass is 274 g/mol. The highest BCUT2D eigenvalue weighted by Gasteiger charge is 2.50. The van der Waals surface area contributed by atoms with E-state index in [2.05, 4.69) is 11.7 Å². The van der Waals surface area contributed by atoms with Gasteiger partial charge < -0.3 is 5.84 Å². The fraction of sp³-hybridized carbons (Fsp3) is 0.733. The van der Waals surface area contributed by atoms with E-state index in [0.29, 0.717) is 24.3 Å². The van der Waals surface area contributed by atoms with Gasteiger partial charge in [0.25, 0.3) is 0 Å². The van der Waals surface area contributed by atoms with E-state index < -0.39 is 0 Å². The molecule has 2 N–H and O–H groups in total. The first kappa shape index (κ1) is 12.2. The van der Waals surface area contributed by atoms with Gasteiger partial charge in [-0.15, -0.1) is 6.58 Å². The van der Waals surface area contributed by atoms with E-state index in [4.69, 9.17) is 5.84 Å². The molecule has 0 amide bonds. The van der Waals surface area contributed by atoms with Crippen molar-refractivity contribution in [3.63, 3.8) is 0 Å². The van der Waals surface area contributed by atoms with Crippen LogP contribution in [-0.4, -0.2) is 14.5 Å². The standard InChI is InChI=1S/C15H22N4O/c1-2-3-18-15(20)19(16)14(17-18)13-11-5-9-4-10(7-11)8-12(13)6-9/h2,9-13H,1,3-8,16H2. The Bertz CT molecular complexity index is 572. The summed E-state index contributed by atoms with van der Waals surface area (Å²) in [5.41, 5.74) is -0.214. The molecule has 4 aliphatic carbocycles. The van der Waals surface area contributed by atoms with Crippen LogP contribution in [0.25, 0.3) is 0 Å². The lowest BCUT2D eigenvalue weighted by Gasteiger charge is -2.53. The van der Waals surface area contributed by atoms with Crippen molar-refractivity contribution in [2.45, 2.75) is 44.6 Å². The number of nitrogens with zero attached hydrogens (tertiary/aromatic N) is 3. The minimum absolute atomic E-state index is 0.214. The molecule has 5 heteroatoms. The highest BCUT2D eigenvalue weighted by molar-refractivity contribution is 5.11.